The Kier molecular flexibility index (Phi) is 3.27. The van der Waals surface area contributed by atoms with Gasteiger partial charge in [-0.25, -0.2) is 0 Å². The van der Waals surface area contributed by atoms with Crippen LogP contribution >= 0.6 is 0 Å². The van der Waals surface area contributed by atoms with Gasteiger partial charge in [-0.2, -0.15) is 0 Å². The second-order valence-corrected chi connectivity index (χ2v) is 5.92. The van der Waals surface area contributed by atoms with Crippen LogP contribution in [0.5, 0.6) is 0 Å². The zero-order valence-electron chi connectivity index (χ0n) is 11.9. The van der Waals surface area contributed by atoms with Gasteiger partial charge in [-0.3, -0.25) is 14.4 Å². The summed E-state index contributed by atoms with van der Waals surface area (Å²) in [6.45, 7) is 1.48. The Morgan fingerprint density at radius 1 is 1.14 bits per heavy atom. The van der Waals surface area contributed by atoms with Crippen molar-refractivity contribution in [3.8, 4) is 0 Å². The molecule has 21 heavy (non-hydrogen) atoms. The molecule has 110 valence electrons. The molecular weight excluding hydrogens is 268 g/mol. The third-order valence-corrected chi connectivity index (χ3v) is 4.06. The molecule has 0 atom stereocenters. The van der Waals surface area contributed by atoms with E-state index in [1.54, 1.807) is 24.3 Å². The highest BCUT2D eigenvalue weighted by Gasteiger charge is 2.57. The van der Waals surface area contributed by atoms with Crippen LogP contribution in [0.25, 0.3) is 0 Å². The number of benzene rings is 1. The number of hydrogen-bond acceptors (Lipinski definition) is 3. The molecule has 0 aliphatic heterocycles. The first-order valence-corrected chi connectivity index (χ1v) is 7.25. The van der Waals surface area contributed by atoms with Gasteiger partial charge in [-0.1, -0.05) is 12.1 Å². The van der Waals surface area contributed by atoms with E-state index in [9.17, 15) is 14.4 Å². The SMILES string of the molecule is CC(=O)c1cccc(NC(=O)C2(C(=O)NC3CC3)CC2)c1. The third-order valence-electron chi connectivity index (χ3n) is 4.06. The second kappa shape index (κ2) is 4.98. The maximum Gasteiger partial charge on any atom is 0.240 e. The summed E-state index contributed by atoms with van der Waals surface area (Å²) in [5, 5.41) is 5.66. The molecule has 0 saturated heterocycles. The molecule has 2 aliphatic rings. The van der Waals surface area contributed by atoms with E-state index in [-0.39, 0.29) is 23.6 Å². The summed E-state index contributed by atoms with van der Waals surface area (Å²) < 4.78 is 0. The summed E-state index contributed by atoms with van der Waals surface area (Å²) in [7, 11) is 0. The molecule has 5 nitrogen and oxygen atoms in total. The van der Waals surface area contributed by atoms with E-state index in [1.807, 2.05) is 0 Å². The first kappa shape index (κ1) is 13.8. The summed E-state index contributed by atoms with van der Waals surface area (Å²) in [5.41, 5.74) is 0.188. The second-order valence-electron chi connectivity index (χ2n) is 5.92. The normalized spacial score (nSPS) is 18.7. The lowest BCUT2D eigenvalue weighted by atomic mass is 10.0. The molecule has 0 unspecified atom stereocenters. The minimum atomic E-state index is -0.908. The van der Waals surface area contributed by atoms with Gasteiger partial charge in [0.25, 0.3) is 0 Å². The Balaban J connectivity index is 1.69. The van der Waals surface area contributed by atoms with Crippen LogP contribution in [0.4, 0.5) is 5.69 Å². The standard InChI is InChI=1S/C16H18N2O3/c1-10(19)11-3-2-4-13(9-11)18-15(21)16(7-8-16)14(20)17-12-5-6-12/h2-4,9,12H,5-8H2,1H3,(H,17,20)(H,18,21). The number of carbonyl (C=O) groups is 3. The molecule has 0 spiro atoms. The largest absolute Gasteiger partial charge is 0.352 e. The monoisotopic (exact) mass is 286 g/mol. The minimum absolute atomic E-state index is 0.0567. The van der Waals surface area contributed by atoms with Crippen molar-refractivity contribution in [3.05, 3.63) is 29.8 Å². The highest BCUT2D eigenvalue weighted by Crippen LogP contribution is 2.47. The molecule has 3 rings (SSSR count). The van der Waals surface area contributed by atoms with E-state index < -0.39 is 5.41 Å². The van der Waals surface area contributed by atoms with E-state index in [1.165, 1.54) is 6.92 Å². The van der Waals surface area contributed by atoms with Crippen molar-refractivity contribution in [3.63, 3.8) is 0 Å². The molecule has 0 bridgehead atoms. The zero-order chi connectivity index (χ0) is 15.0. The number of carbonyl (C=O) groups excluding carboxylic acids is 3. The van der Waals surface area contributed by atoms with Gasteiger partial charge in [0.2, 0.25) is 11.8 Å². The molecule has 0 radical (unpaired) electrons. The number of nitrogens with one attached hydrogen (secondary N) is 2. The van der Waals surface area contributed by atoms with Crippen molar-refractivity contribution in [1.82, 2.24) is 5.32 Å². The fourth-order valence-electron chi connectivity index (χ4n) is 2.30. The van der Waals surface area contributed by atoms with Gasteiger partial charge in [0.05, 0.1) is 0 Å². The van der Waals surface area contributed by atoms with Crippen molar-refractivity contribution in [1.29, 1.82) is 0 Å². The summed E-state index contributed by atoms with van der Waals surface area (Å²) in [6.07, 6.45) is 3.18. The van der Waals surface area contributed by atoms with Crippen LogP contribution in [0.2, 0.25) is 0 Å². The number of Topliss-reactive ketones (excluding diaryl/α,β-unsaturated/α-hetero) is 1. The number of hydrogen-bond donors (Lipinski definition) is 2. The highest BCUT2D eigenvalue weighted by atomic mass is 16.2. The molecule has 2 N–H and O–H groups in total. The number of ketones is 1. The van der Waals surface area contributed by atoms with Crippen molar-refractivity contribution < 1.29 is 14.4 Å². The van der Waals surface area contributed by atoms with E-state index >= 15 is 0 Å². The lowest BCUT2D eigenvalue weighted by molar-refractivity contribution is -0.134. The first-order chi connectivity index (χ1) is 10.0. The van der Waals surface area contributed by atoms with Crippen LogP contribution in [0.3, 0.4) is 0 Å². The number of rotatable bonds is 5. The van der Waals surface area contributed by atoms with E-state index in [4.69, 9.17) is 0 Å². The summed E-state index contributed by atoms with van der Waals surface area (Å²) in [5.74, 6) is -0.495. The lowest BCUT2D eigenvalue weighted by Crippen LogP contribution is -2.40. The van der Waals surface area contributed by atoms with Crippen LogP contribution < -0.4 is 10.6 Å². The van der Waals surface area contributed by atoms with E-state index in [2.05, 4.69) is 10.6 Å². The Morgan fingerprint density at radius 3 is 2.43 bits per heavy atom. The van der Waals surface area contributed by atoms with Crippen LogP contribution in [-0.4, -0.2) is 23.6 Å². The lowest BCUT2D eigenvalue weighted by Gasteiger charge is -2.15. The van der Waals surface area contributed by atoms with Crippen molar-refractivity contribution >= 4 is 23.3 Å². The van der Waals surface area contributed by atoms with Gasteiger partial charge >= 0.3 is 0 Å². The van der Waals surface area contributed by atoms with Crippen LogP contribution in [0.15, 0.2) is 24.3 Å². The van der Waals surface area contributed by atoms with E-state index in [0.717, 1.165) is 12.8 Å². The first-order valence-electron chi connectivity index (χ1n) is 7.25. The summed E-state index contributed by atoms with van der Waals surface area (Å²) in [4.78, 5) is 35.9. The molecule has 5 heteroatoms. The minimum Gasteiger partial charge on any atom is -0.352 e. The number of amides is 2. The molecule has 2 saturated carbocycles. The number of anilines is 1. The van der Waals surface area contributed by atoms with E-state index in [0.29, 0.717) is 24.1 Å². The molecule has 0 aromatic heterocycles. The Hall–Kier alpha value is -2.17. The van der Waals surface area contributed by atoms with Gasteiger partial charge < -0.3 is 10.6 Å². The van der Waals surface area contributed by atoms with Gasteiger partial charge in [0.1, 0.15) is 5.41 Å². The van der Waals surface area contributed by atoms with Gasteiger partial charge in [0.15, 0.2) is 5.78 Å². The highest BCUT2D eigenvalue weighted by molar-refractivity contribution is 6.13. The fourth-order valence-corrected chi connectivity index (χ4v) is 2.30. The molecule has 2 aliphatic carbocycles. The Bertz CT molecular complexity index is 616. The van der Waals surface area contributed by atoms with Gasteiger partial charge in [0, 0.05) is 17.3 Å². The predicted molar refractivity (Wildman–Crippen MR) is 77.9 cm³/mol. The molecule has 1 aromatic rings. The molecule has 2 fully saturated rings. The molecule has 0 heterocycles. The zero-order valence-corrected chi connectivity index (χ0v) is 11.9. The smallest absolute Gasteiger partial charge is 0.240 e. The molecule has 2 amide bonds. The quantitative estimate of drug-likeness (QED) is 0.641. The molecule has 1 aromatic carbocycles. The van der Waals surface area contributed by atoms with Crippen molar-refractivity contribution in [2.45, 2.75) is 38.6 Å². The predicted octanol–water partition coefficient (Wildman–Crippen LogP) is 1.89. The summed E-state index contributed by atoms with van der Waals surface area (Å²) >= 11 is 0. The summed E-state index contributed by atoms with van der Waals surface area (Å²) in [6, 6.07) is 7.03. The van der Waals surface area contributed by atoms with Crippen LogP contribution in [0, 0.1) is 5.41 Å². The van der Waals surface area contributed by atoms with Crippen LogP contribution in [-0.2, 0) is 9.59 Å². The maximum absolute atomic E-state index is 12.4. The third kappa shape index (κ3) is 2.82. The molecular formula is C16H18N2O3. The Labute approximate surface area is 123 Å². The van der Waals surface area contributed by atoms with Crippen LogP contribution in [0.1, 0.15) is 43.0 Å². The fraction of sp³-hybridized carbons (Fsp3) is 0.438. The van der Waals surface area contributed by atoms with Gasteiger partial charge in [-0.15, -0.1) is 0 Å². The average Bonchev–Trinajstić information content (AvgIpc) is 3.33. The van der Waals surface area contributed by atoms with Crippen molar-refractivity contribution in [2.24, 2.45) is 5.41 Å². The average molecular weight is 286 g/mol. The van der Waals surface area contributed by atoms with Gasteiger partial charge in [-0.05, 0) is 44.7 Å². The topological polar surface area (TPSA) is 75.3 Å². The Morgan fingerprint density at radius 2 is 1.86 bits per heavy atom. The maximum atomic E-state index is 12.4. The van der Waals surface area contributed by atoms with Crippen molar-refractivity contribution in [2.75, 3.05) is 5.32 Å².